The van der Waals surface area contributed by atoms with Crippen molar-refractivity contribution < 1.29 is 4.74 Å². The van der Waals surface area contributed by atoms with Crippen LogP contribution in [0.25, 0.3) is 0 Å². The zero-order valence-electron chi connectivity index (χ0n) is 13.6. The molecule has 0 aromatic heterocycles. The lowest BCUT2D eigenvalue weighted by Crippen LogP contribution is -2.40. The highest BCUT2D eigenvalue weighted by atomic mass is 79.9. The van der Waals surface area contributed by atoms with Gasteiger partial charge in [0.2, 0.25) is 0 Å². The first-order valence-corrected chi connectivity index (χ1v) is 8.09. The summed E-state index contributed by atoms with van der Waals surface area (Å²) in [7, 11) is 1.74. The van der Waals surface area contributed by atoms with Crippen LogP contribution < -0.4 is 10.1 Å². The van der Waals surface area contributed by atoms with Crippen LogP contribution in [0.4, 0.5) is 0 Å². The van der Waals surface area contributed by atoms with Crippen molar-refractivity contribution in [3.63, 3.8) is 0 Å². The molecular weight excluding hydrogens is 314 g/mol. The van der Waals surface area contributed by atoms with Crippen LogP contribution in [0.15, 0.2) is 22.7 Å². The topological polar surface area (TPSA) is 21.3 Å². The van der Waals surface area contributed by atoms with Gasteiger partial charge in [-0.1, -0.05) is 29.8 Å². The van der Waals surface area contributed by atoms with Crippen molar-refractivity contribution in [1.29, 1.82) is 0 Å². The molecule has 2 unspecified atom stereocenters. The highest BCUT2D eigenvalue weighted by Gasteiger charge is 2.18. The Morgan fingerprint density at radius 1 is 1.20 bits per heavy atom. The predicted octanol–water partition coefficient (Wildman–Crippen LogP) is 4.66. The number of halogens is 1. The molecule has 3 heteroatoms. The van der Waals surface area contributed by atoms with Crippen LogP contribution in [0.1, 0.15) is 40.2 Å². The van der Waals surface area contributed by atoms with Gasteiger partial charge in [-0.2, -0.15) is 0 Å². The number of ether oxygens (including phenoxy) is 1. The first-order valence-electron chi connectivity index (χ1n) is 7.30. The van der Waals surface area contributed by atoms with Crippen molar-refractivity contribution in [3.8, 4) is 5.75 Å². The molecule has 20 heavy (non-hydrogen) atoms. The molecule has 1 aromatic rings. The van der Waals surface area contributed by atoms with E-state index in [2.05, 4.69) is 61.9 Å². The number of hydrogen-bond donors (Lipinski definition) is 1. The first kappa shape index (κ1) is 17.5. The van der Waals surface area contributed by atoms with Gasteiger partial charge in [-0.3, -0.25) is 0 Å². The zero-order chi connectivity index (χ0) is 15.3. The third-order valence-electron chi connectivity index (χ3n) is 3.71. The molecule has 0 aliphatic carbocycles. The Morgan fingerprint density at radius 2 is 1.85 bits per heavy atom. The molecule has 1 N–H and O–H groups in total. The van der Waals surface area contributed by atoms with E-state index in [4.69, 9.17) is 4.74 Å². The third-order valence-corrected chi connectivity index (χ3v) is 4.20. The first-order chi connectivity index (χ1) is 9.23. The third kappa shape index (κ3) is 5.84. The van der Waals surface area contributed by atoms with Crippen molar-refractivity contribution in [3.05, 3.63) is 28.2 Å². The van der Waals surface area contributed by atoms with E-state index < -0.39 is 0 Å². The monoisotopic (exact) mass is 341 g/mol. The number of hydrogen-bond acceptors (Lipinski definition) is 2. The minimum atomic E-state index is 0.182. The predicted molar refractivity (Wildman–Crippen MR) is 90.5 cm³/mol. The fourth-order valence-electron chi connectivity index (χ4n) is 2.12. The van der Waals surface area contributed by atoms with E-state index in [0.29, 0.717) is 11.8 Å². The van der Waals surface area contributed by atoms with Crippen molar-refractivity contribution in [2.24, 2.45) is 11.8 Å². The molecule has 2 nitrogen and oxygen atoms in total. The Labute approximate surface area is 132 Å². The van der Waals surface area contributed by atoms with Crippen LogP contribution in [0.3, 0.4) is 0 Å². The second-order valence-electron chi connectivity index (χ2n) is 6.75. The van der Waals surface area contributed by atoms with Gasteiger partial charge >= 0.3 is 0 Å². The maximum absolute atomic E-state index is 5.46. The van der Waals surface area contributed by atoms with E-state index in [9.17, 15) is 0 Å². The number of methoxy groups -OCH3 is 1. The van der Waals surface area contributed by atoms with Crippen LogP contribution in [0.5, 0.6) is 5.75 Å². The van der Waals surface area contributed by atoms with Gasteiger partial charge in [0, 0.05) is 10.0 Å². The van der Waals surface area contributed by atoms with Gasteiger partial charge in [0.1, 0.15) is 5.75 Å². The summed E-state index contributed by atoms with van der Waals surface area (Å²) in [5, 5.41) is 3.59. The highest BCUT2D eigenvalue weighted by Crippen LogP contribution is 2.27. The van der Waals surface area contributed by atoms with E-state index in [1.165, 1.54) is 5.56 Å². The lowest BCUT2D eigenvalue weighted by atomic mass is 9.88. The minimum absolute atomic E-state index is 0.182. The quantitative estimate of drug-likeness (QED) is 0.812. The maximum atomic E-state index is 5.46. The lowest BCUT2D eigenvalue weighted by Gasteiger charge is -2.27. The van der Waals surface area contributed by atoms with Crippen LogP contribution >= 0.6 is 15.9 Å². The molecule has 2 atom stereocenters. The summed E-state index contributed by atoms with van der Waals surface area (Å²) in [4.78, 5) is 0. The fourth-order valence-corrected chi connectivity index (χ4v) is 2.53. The van der Waals surface area contributed by atoms with Crippen LogP contribution in [0, 0.1) is 11.8 Å². The minimum Gasteiger partial charge on any atom is -0.496 e. The van der Waals surface area contributed by atoms with Gasteiger partial charge in [0.05, 0.1) is 7.11 Å². The van der Waals surface area contributed by atoms with Gasteiger partial charge in [-0.15, -0.1) is 0 Å². The Balaban J connectivity index is 2.65. The van der Waals surface area contributed by atoms with Crippen molar-refractivity contribution in [2.75, 3.05) is 13.7 Å². The molecular formula is C17H28BrNO. The zero-order valence-corrected chi connectivity index (χ0v) is 15.2. The van der Waals surface area contributed by atoms with E-state index in [0.717, 1.165) is 23.2 Å². The number of benzene rings is 1. The van der Waals surface area contributed by atoms with Gasteiger partial charge in [-0.05, 0) is 69.3 Å². The largest absolute Gasteiger partial charge is 0.496 e. The highest BCUT2D eigenvalue weighted by molar-refractivity contribution is 9.10. The second kappa shape index (κ2) is 7.46. The van der Waals surface area contributed by atoms with E-state index in [-0.39, 0.29) is 5.54 Å². The summed E-state index contributed by atoms with van der Waals surface area (Å²) >= 11 is 3.54. The SMILES string of the molecule is COc1ccc(Br)cc1CC(C)C(C)CNC(C)(C)C. The standard InChI is InChI=1S/C17H28BrNO/c1-12(13(2)11-19-17(3,4)5)9-14-10-15(18)7-8-16(14)20-6/h7-8,10,12-13,19H,9,11H2,1-6H3. The van der Waals surface area contributed by atoms with Crippen LogP contribution in [0.2, 0.25) is 0 Å². The molecule has 0 aliphatic rings. The second-order valence-corrected chi connectivity index (χ2v) is 7.66. The van der Waals surface area contributed by atoms with Crippen molar-refractivity contribution >= 4 is 15.9 Å². The average molecular weight is 342 g/mol. The number of rotatable bonds is 6. The Hall–Kier alpha value is -0.540. The molecule has 0 spiro atoms. The molecule has 1 rings (SSSR count). The average Bonchev–Trinajstić information content (AvgIpc) is 2.35. The van der Waals surface area contributed by atoms with Crippen molar-refractivity contribution in [2.45, 2.75) is 46.6 Å². The van der Waals surface area contributed by atoms with Gasteiger partial charge in [-0.25, -0.2) is 0 Å². The number of nitrogens with one attached hydrogen (secondary N) is 1. The molecule has 0 bridgehead atoms. The van der Waals surface area contributed by atoms with Gasteiger partial charge in [0.15, 0.2) is 0 Å². The van der Waals surface area contributed by atoms with Crippen molar-refractivity contribution in [1.82, 2.24) is 5.32 Å². The van der Waals surface area contributed by atoms with Gasteiger partial charge in [0.25, 0.3) is 0 Å². The summed E-state index contributed by atoms with van der Waals surface area (Å²) < 4.78 is 6.57. The summed E-state index contributed by atoms with van der Waals surface area (Å²) in [6.45, 7) is 12.3. The molecule has 0 heterocycles. The Bertz CT molecular complexity index is 425. The molecule has 0 saturated heterocycles. The summed E-state index contributed by atoms with van der Waals surface area (Å²) in [5.74, 6) is 2.21. The molecule has 0 aliphatic heterocycles. The fraction of sp³-hybridized carbons (Fsp3) is 0.647. The van der Waals surface area contributed by atoms with Gasteiger partial charge < -0.3 is 10.1 Å². The summed E-state index contributed by atoms with van der Waals surface area (Å²) in [5.41, 5.74) is 1.46. The molecule has 114 valence electrons. The van der Waals surface area contributed by atoms with Crippen LogP contribution in [-0.2, 0) is 6.42 Å². The summed E-state index contributed by atoms with van der Waals surface area (Å²) in [6, 6.07) is 6.22. The Kier molecular flexibility index (Phi) is 6.53. The smallest absolute Gasteiger partial charge is 0.122 e. The molecule has 1 aromatic carbocycles. The Morgan fingerprint density at radius 3 is 2.40 bits per heavy atom. The van der Waals surface area contributed by atoms with E-state index in [1.54, 1.807) is 7.11 Å². The normalized spacial score (nSPS) is 14.9. The lowest BCUT2D eigenvalue weighted by molar-refractivity contribution is 0.314. The molecule has 0 saturated carbocycles. The molecule has 0 radical (unpaired) electrons. The van der Waals surface area contributed by atoms with E-state index >= 15 is 0 Å². The van der Waals surface area contributed by atoms with E-state index in [1.807, 2.05) is 12.1 Å². The maximum Gasteiger partial charge on any atom is 0.122 e. The van der Waals surface area contributed by atoms with Crippen LogP contribution in [-0.4, -0.2) is 19.2 Å². The molecule has 0 amide bonds. The summed E-state index contributed by atoms with van der Waals surface area (Å²) in [6.07, 6.45) is 1.04. The molecule has 0 fully saturated rings.